The molecule has 0 radical (unpaired) electrons. The van der Waals surface area contributed by atoms with Gasteiger partial charge in [0.2, 0.25) is 11.8 Å². The number of benzene rings is 3. The number of aryl methyl sites for hydroxylation is 2. The van der Waals surface area contributed by atoms with Crippen molar-refractivity contribution in [3.63, 3.8) is 0 Å². The van der Waals surface area contributed by atoms with Crippen LogP contribution in [0.1, 0.15) is 30.5 Å². The summed E-state index contributed by atoms with van der Waals surface area (Å²) in [6.45, 7) is 6.84. The molecule has 3 aromatic carbocycles. The number of rotatable bonds is 10. The number of anilines is 1. The normalized spacial score (nSPS) is 12.1. The van der Waals surface area contributed by atoms with Gasteiger partial charge in [0.15, 0.2) is 0 Å². The highest BCUT2D eigenvalue weighted by atomic mass is 35.5. The summed E-state index contributed by atoms with van der Waals surface area (Å²) in [5.41, 5.74) is 2.42. The van der Waals surface area contributed by atoms with E-state index in [0.29, 0.717) is 33.4 Å². The first-order valence-electron chi connectivity index (χ1n) is 12.1. The lowest BCUT2D eigenvalue weighted by atomic mass is 10.1. The second-order valence-corrected chi connectivity index (χ2v) is 11.6. The summed E-state index contributed by atoms with van der Waals surface area (Å²) in [6, 6.07) is 17.3. The monoisotopic (exact) mass is 575 g/mol. The van der Waals surface area contributed by atoms with Crippen LogP contribution in [0.3, 0.4) is 0 Å². The predicted molar refractivity (Wildman–Crippen MR) is 152 cm³/mol. The van der Waals surface area contributed by atoms with E-state index in [9.17, 15) is 18.0 Å². The highest BCUT2D eigenvalue weighted by Gasteiger charge is 2.33. The Balaban J connectivity index is 2.08. The highest BCUT2D eigenvalue weighted by molar-refractivity contribution is 7.92. The van der Waals surface area contributed by atoms with Gasteiger partial charge in [-0.1, -0.05) is 59.1 Å². The third kappa shape index (κ3) is 6.87. The zero-order chi connectivity index (χ0) is 28.0. The van der Waals surface area contributed by atoms with Gasteiger partial charge in [-0.3, -0.25) is 13.9 Å². The van der Waals surface area contributed by atoms with Gasteiger partial charge in [0, 0.05) is 23.1 Å². The summed E-state index contributed by atoms with van der Waals surface area (Å²) in [7, 11) is -4.16. The van der Waals surface area contributed by atoms with Gasteiger partial charge in [-0.25, -0.2) is 8.42 Å². The number of halogens is 2. The standard InChI is InChI=1S/C28H31Cl2N3O4S/c1-5-31-28(35)21(4)32(17-22-8-6-7-9-25(22)30)27(34)18-33(26-15-12-23(29)16-20(26)3)38(36,37)24-13-10-19(2)11-14-24/h6-16,21H,5,17-18H2,1-4H3,(H,31,35)/t21-/m1/s1. The van der Waals surface area contributed by atoms with E-state index < -0.39 is 28.5 Å². The van der Waals surface area contributed by atoms with E-state index in [2.05, 4.69) is 5.32 Å². The summed E-state index contributed by atoms with van der Waals surface area (Å²) in [5.74, 6) is -0.919. The molecule has 2 amide bonds. The Kier molecular flexibility index (Phi) is 9.82. The Bertz CT molecular complexity index is 1410. The van der Waals surface area contributed by atoms with Crippen LogP contribution in [-0.2, 0) is 26.2 Å². The molecule has 0 aliphatic carbocycles. The molecule has 1 N–H and O–H groups in total. The summed E-state index contributed by atoms with van der Waals surface area (Å²) in [5, 5.41) is 3.61. The maximum absolute atomic E-state index is 13.9. The molecule has 0 saturated carbocycles. The molecule has 0 heterocycles. The zero-order valence-corrected chi connectivity index (χ0v) is 24.1. The van der Waals surface area contributed by atoms with Crippen LogP contribution in [0.2, 0.25) is 10.0 Å². The number of hydrogen-bond donors (Lipinski definition) is 1. The smallest absolute Gasteiger partial charge is 0.264 e. The number of carbonyl (C=O) groups is 2. The predicted octanol–water partition coefficient (Wildman–Crippen LogP) is 5.36. The Morgan fingerprint density at radius 3 is 2.24 bits per heavy atom. The van der Waals surface area contributed by atoms with Crippen molar-refractivity contribution >= 4 is 50.7 Å². The van der Waals surface area contributed by atoms with Crippen LogP contribution in [0.25, 0.3) is 0 Å². The molecule has 0 bridgehead atoms. The summed E-state index contributed by atoms with van der Waals surface area (Å²) < 4.78 is 28.8. The highest BCUT2D eigenvalue weighted by Crippen LogP contribution is 2.30. The lowest BCUT2D eigenvalue weighted by Gasteiger charge is -2.32. The largest absolute Gasteiger partial charge is 0.355 e. The van der Waals surface area contributed by atoms with Gasteiger partial charge in [0.05, 0.1) is 10.6 Å². The third-order valence-corrected chi connectivity index (χ3v) is 8.51. The van der Waals surface area contributed by atoms with Crippen molar-refractivity contribution in [3.8, 4) is 0 Å². The Labute approximate surface area is 234 Å². The Hall–Kier alpha value is -3.07. The maximum Gasteiger partial charge on any atom is 0.264 e. The van der Waals surface area contributed by atoms with Crippen molar-refractivity contribution in [2.45, 2.75) is 45.2 Å². The first-order chi connectivity index (χ1) is 17.9. The second kappa shape index (κ2) is 12.7. The van der Waals surface area contributed by atoms with Gasteiger partial charge in [-0.15, -0.1) is 0 Å². The van der Waals surface area contributed by atoms with Crippen LogP contribution in [0.15, 0.2) is 71.6 Å². The van der Waals surface area contributed by atoms with Crippen molar-refractivity contribution in [1.82, 2.24) is 10.2 Å². The minimum Gasteiger partial charge on any atom is -0.355 e. The molecule has 3 aromatic rings. The average Bonchev–Trinajstić information content (AvgIpc) is 2.87. The molecule has 0 aromatic heterocycles. The van der Waals surface area contributed by atoms with E-state index in [1.165, 1.54) is 17.0 Å². The second-order valence-electron chi connectivity index (χ2n) is 8.94. The molecule has 0 saturated heterocycles. The maximum atomic E-state index is 13.9. The topological polar surface area (TPSA) is 86.8 Å². The number of hydrogen-bond acceptors (Lipinski definition) is 4. The molecule has 0 unspecified atom stereocenters. The average molecular weight is 577 g/mol. The quantitative estimate of drug-likeness (QED) is 0.352. The van der Waals surface area contributed by atoms with Crippen LogP contribution in [0, 0.1) is 13.8 Å². The van der Waals surface area contributed by atoms with Crippen LogP contribution in [0.4, 0.5) is 5.69 Å². The lowest BCUT2D eigenvalue weighted by Crippen LogP contribution is -2.51. The summed E-state index contributed by atoms with van der Waals surface area (Å²) >= 11 is 12.5. The minimum atomic E-state index is -4.16. The van der Waals surface area contributed by atoms with Gasteiger partial charge < -0.3 is 10.2 Å². The molecule has 38 heavy (non-hydrogen) atoms. The number of sulfonamides is 1. The number of nitrogens with zero attached hydrogens (tertiary/aromatic N) is 2. The van der Waals surface area contributed by atoms with Crippen molar-refractivity contribution in [1.29, 1.82) is 0 Å². The molecular weight excluding hydrogens is 545 g/mol. The zero-order valence-electron chi connectivity index (χ0n) is 21.7. The minimum absolute atomic E-state index is 0.0226. The van der Waals surface area contributed by atoms with Crippen molar-refractivity contribution in [2.75, 3.05) is 17.4 Å². The van der Waals surface area contributed by atoms with Crippen LogP contribution in [0.5, 0.6) is 0 Å². The third-order valence-electron chi connectivity index (χ3n) is 6.13. The van der Waals surface area contributed by atoms with Gasteiger partial charge in [0.25, 0.3) is 10.0 Å². The molecule has 7 nitrogen and oxygen atoms in total. The lowest BCUT2D eigenvalue weighted by molar-refractivity contribution is -0.139. The molecule has 10 heteroatoms. The van der Waals surface area contributed by atoms with E-state index in [-0.39, 0.29) is 17.3 Å². The fourth-order valence-electron chi connectivity index (χ4n) is 3.96. The number of carbonyl (C=O) groups excluding carboxylic acids is 2. The van der Waals surface area contributed by atoms with Gasteiger partial charge in [-0.2, -0.15) is 0 Å². The van der Waals surface area contributed by atoms with E-state index in [0.717, 1.165) is 9.87 Å². The first kappa shape index (κ1) is 29.5. The molecule has 0 aliphatic heterocycles. The van der Waals surface area contributed by atoms with E-state index in [4.69, 9.17) is 23.2 Å². The first-order valence-corrected chi connectivity index (χ1v) is 14.3. The number of nitrogens with one attached hydrogen (secondary N) is 1. The van der Waals surface area contributed by atoms with E-state index in [1.54, 1.807) is 75.4 Å². The fraction of sp³-hybridized carbons (Fsp3) is 0.286. The van der Waals surface area contributed by atoms with Crippen LogP contribution >= 0.6 is 23.2 Å². The molecule has 1 atom stereocenters. The molecule has 202 valence electrons. The molecule has 0 spiro atoms. The molecule has 0 fully saturated rings. The van der Waals surface area contributed by atoms with Crippen molar-refractivity contribution in [2.24, 2.45) is 0 Å². The number of amides is 2. The van der Waals surface area contributed by atoms with Gasteiger partial charge >= 0.3 is 0 Å². The Morgan fingerprint density at radius 1 is 0.974 bits per heavy atom. The molecule has 0 aliphatic rings. The van der Waals surface area contributed by atoms with Crippen LogP contribution in [-0.4, -0.2) is 44.3 Å². The van der Waals surface area contributed by atoms with E-state index in [1.807, 2.05) is 6.92 Å². The molecular formula is C28H31Cl2N3O4S. The summed E-state index contributed by atoms with van der Waals surface area (Å²) in [4.78, 5) is 28.0. The van der Waals surface area contributed by atoms with Gasteiger partial charge in [-0.05, 0) is 75.2 Å². The Morgan fingerprint density at radius 2 is 1.63 bits per heavy atom. The van der Waals surface area contributed by atoms with Gasteiger partial charge in [0.1, 0.15) is 12.6 Å². The summed E-state index contributed by atoms with van der Waals surface area (Å²) in [6.07, 6.45) is 0. The van der Waals surface area contributed by atoms with Crippen LogP contribution < -0.4 is 9.62 Å². The van der Waals surface area contributed by atoms with Crippen molar-refractivity contribution in [3.05, 3.63) is 93.5 Å². The number of likely N-dealkylation sites (N-methyl/N-ethyl adjacent to an activating group) is 1. The fourth-order valence-corrected chi connectivity index (χ4v) is 5.87. The van der Waals surface area contributed by atoms with E-state index >= 15 is 0 Å². The van der Waals surface area contributed by atoms with Crippen molar-refractivity contribution < 1.29 is 18.0 Å². The SMILES string of the molecule is CCNC(=O)[C@@H](C)N(Cc1ccccc1Cl)C(=O)CN(c1ccc(Cl)cc1C)S(=O)(=O)c1ccc(C)cc1. The molecule has 3 rings (SSSR count).